The van der Waals surface area contributed by atoms with Gasteiger partial charge in [0.25, 0.3) is 0 Å². The molecule has 0 saturated heterocycles. The molecule has 3 aromatic carbocycles. The SMILES string of the molecule is CC.CC.CC.C[B]C.C[B]C.Oc1ccccc1.Oc1ccccc1.Oc1ccccc1. The fourth-order valence-corrected chi connectivity index (χ4v) is 1.28. The highest BCUT2D eigenvalue weighted by atomic mass is 16.3. The molecule has 0 aliphatic rings. The number of aromatic hydroxyl groups is 3. The lowest BCUT2D eigenvalue weighted by Gasteiger charge is -1.82. The van der Waals surface area contributed by atoms with Gasteiger partial charge >= 0.3 is 0 Å². The molecule has 3 rings (SSSR count). The zero-order valence-corrected chi connectivity index (χ0v) is 22.7. The van der Waals surface area contributed by atoms with Crippen LogP contribution in [-0.4, -0.2) is 29.9 Å². The van der Waals surface area contributed by atoms with E-state index in [1.54, 1.807) is 72.8 Å². The van der Waals surface area contributed by atoms with Crippen LogP contribution in [0.2, 0.25) is 27.3 Å². The second-order valence-corrected chi connectivity index (χ2v) is 5.16. The van der Waals surface area contributed by atoms with Crippen molar-refractivity contribution in [3.05, 3.63) is 91.0 Å². The van der Waals surface area contributed by atoms with Crippen molar-refractivity contribution in [3.63, 3.8) is 0 Å². The minimum Gasteiger partial charge on any atom is -0.508 e. The first kappa shape index (κ1) is 40.5. The van der Waals surface area contributed by atoms with Gasteiger partial charge in [-0.15, -0.1) is 0 Å². The molecule has 0 spiro atoms. The van der Waals surface area contributed by atoms with Crippen molar-refractivity contribution < 1.29 is 15.3 Å². The molecule has 0 saturated carbocycles. The Morgan fingerprint density at radius 2 is 0.485 bits per heavy atom. The van der Waals surface area contributed by atoms with E-state index >= 15 is 0 Å². The fourth-order valence-electron chi connectivity index (χ4n) is 1.28. The van der Waals surface area contributed by atoms with Crippen molar-refractivity contribution in [1.29, 1.82) is 0 Å². The quantitative estimate of drug-likeness (QED) is 0.298. The third-order valence-corrected chi connectivity index (χ3v) is 2.27. The number of rotatable bonds is 0. The summed E-state index contributed by atoms with van der Waals surface area (Å²) in [4.78, 5) is 0. The number of phenols is 3. The standard InChI is InChI=1S/3C6H6O.2C2H6B.3C2H6/c3*7-6-4-2-1-3-5-6;2*1-3-2;3*1-2/h3*1-5,7H;2*1-2H3;3*1-2H3. The van der Waals surface area contributed by atoms with Gasteiger partial charge in [-0.3, -0.25) is 0 Å². The monoisotopic (exact) mass is 454 g/mol. The van der Waals surface area contributed by atoms with E-state index in [1.807, 2.05) is 102 Å². The first-order valence-corrected chi connectivity index (χ1v) is 11.7. The van der Waals surface area contributed by atoms with Crippen molar-refractivity contribution in [2.75, 3.05) is 0 Å². The summed E-state index contributed by atoms with van der Waals surface area (Å²) in [6.07, 6.45) is 0. The minimum atomic E-state index is 0.322. The molecule has 0 bridgehead atoms. The van der Waals surface area contributed by atoms with Gasteiger partial charge in [-0.25, -0.2) is 0 Å². The maximum Gasteiger partial charge on any atom is 0.115 e. The van der Waals surface area contributed by atoms with Gasteiger partial charge in [-0.2, -0.15) is 0 Å². The Hall–Kier alpha value is -2.81. The van der Waals surface area contributed by atoms with Crippen LogP contribution in [0.1, 0.15) is 41.5 Å². The molecule has 33 heavy (non-hydrogen) atoms. The van der Waals surface area contributed by atoms with E-state index in [1.165, 1.54) is 0 Å². The zero-order chi connectivity index (χ0) is 26.8. The topological polar surface area (TPSA) is 60.7 Å². The molecule has 184 valence electrons. The van der Waals surface area contributed by atoms with Crippen LogP contribution in [-0.2, 0) is 0 Å². The lowest BCUT2D eigenvalue weighted by atomic mass is 9.88. The van der Waals surface area contributed by atoms with Gasteiger partial charge in [-0.1, -0.05) is 123 Å². The number of benzene rings is 3. The van der Waals surface area contributed by atoms with Gasteiger partial charge in [0.2, 0.25) is 0 Å². The number of phenolic OH excluding ortho intramolecular Hbond substituents is 3. The molecule has 3 nitrogen and oxygen atoms in total. The maximum atomic E-state index is 8.63. The second kappa shape index (κ2) is 43.1. The molecule has 0 fully saturated rings. The first-order chi connectivity index (χ1) is 16.0. The van der Waals surface area contributed by atoms with Crippen LogP contribution in [0.25, 0.3) is 0 Å². The van der Waals surface area contributed by atoms with Crippen LogP contribution < -0.4 is 0 Å². The Morgan fingerprint density at radius 1 is 0.364 bits per heavy atom. The van der Waals surface area contributed by atoms with Crippen LogP contribution in [0.3, 0.4) is 0 Å². The first-order valence-electron chi connectivity index (χ1n) is 11.7. The Balaban J connectivity index is -0.0000000969. The minimum absolute atomic E-state index is 0.322. The zero-order valence-electron chi connectivity index (χ0n) is 22.7. The van der Waals surface area contributed by atoms with Crippen LogP contribution in [0.15, 0.2) is 91.0 Å². The third kappa shape index (κ3) is 48.1. The molecular formula is C28H48B2O3. The van der Waals surface area contributed by atoms with Crippen molar-refractivity contribution in [2.24, 2.45) is 0 Å². The highest BCUT2D eigenvalue weighted by molar-refractivity contribution is 6.31. The highest BCUT2D eigenvalue weighted by Gasteiger charge is 1.76. The van der Waals surface area contributed by atoms with Crippen molar-refractivity contribution in [1.82, 2.24) is 0 Å². The van der Waals surface area contributed by atoms with E-state index in [-0.39, 0.29) is 0 Å². The van der Waals surface area contributed by atoms with E-state index in [4.69, 9.17) is 15.3 Å². The van der Waals surface area contributed by atoms with E-state index in [0.29, 0.717) is 17.2 Å². The molecule has 5 heteroatoms. The predicted octanol–water partition coefficient (Wildman–Crippen LogP) is 8.83. The molecule has 0 heterocycles. The van der Waals surface area contributed by atoms with Crippen molar-refractivity contribution in [3.8, 4) is 17.2 Å². The normalized spacial score (nSPS) is 6.85. The van der Waals surface area contributed by atoms with Crippen LogP contribution in [0.4, 0.5) is 0 Å². The molecule has 0 atom stereocenters. The maximum absolute atomic E-state index is 8.63. The molecular weight excluding hydrogens is 406 g/mol. The Morgan fingerprint density at radius 3 is 0.545 bits per heavy atom. The summed E-state index contributed by atoms with van der Waals surface area (Å²) in [5, 5.41) is 25.9. The summed E-state index contributed by atoms with van der Waals surface area (Å²) in [6.45, 7) is 20.0. The molecule has 2 radical (unpaired) electrons. The predicted molar refractivity (Wildman–Crippen MR) is 153 cm³/mol. The average molecular weight is 454 g/mol. The van der Waals surface area contributed by atoms with E-state index in [2.05, 4.69) is 0 Å². The summed E-state index contributed by atoms with van der Waals surface area (Å²) in [5.41, 5.74) is 0. The van der Waals surface area contributed by atoms with E-state index < -0.39 is 0 Å². The van der Waals surface area contributed by atoms with Gasteiger partial charge in [0.15, 0.2) is 0 Å². The molecule has 0 aromatic heterocycles. The number of hydrogen-bond donors (Lipinski definition) is 3. The molecule has 0 unspecified atom stereocenters. The van der Waals surface area contributed by atoms with Gasteiger partial charge in [-0.05, 0) is 36.4 Å². The summed E-state index contributed by atoms with van der Waals surface area (Å²) in [6, 6.07) is 26.1. The van der Waals surface area contributed by atoms with E-state index in [0.717, 1.165) is 0 Å². The summed E-state index contributed by atoms with van der Waals surface area (Å²) < 4.78 is 0. The second-order valence-electron chi connectivity index (χ2n) is 5.16. The lowest BCUT2D eigenvalue weighted by molar-refractivity contribution is 0.475. The average Bonchev–Trinajstić information content (AvgIpc) is 2.86. The fraction of sp³-hybridized carbons (Fsp3) is 0.357. The Kier molecular flexibility index (Phi) is 53.0. The van der Waals surface area contributed by atoms with Crippen LogP contribution in [0.5, 0.6) is 17.2 Å². The third-order valence-electron chi connectivity index (χ3n) is 2.27. The number of para-hydroxylation sites is 3. The smallest absolute Gasteiger partial charge is 0.115 e. The Bertz CT molecular complexity index is 531. The number of hydrogen-bond acceptors (Lipinski definition) is 3. The van der Waals surface area contributed by atoms with Crippen molar-refractivity contribution in [2.45, 2.75) is 68.8 Å². The molecule has 3 N–H and O–H groups in total. The molecule has 3 aromatic rings. The Labute approximate surface area is 207 Å². The van der Waals surface area contributed by atoms with Gasteiger partial charge in [0.1, 0.15) is 31.8 Å². The van der Waals surface area contributed by atoms with E-state index in [9.17, 15) is 0 Å². The van der Waals surface area contributed by atoms with Crippen LogP contribution in [0, 0.1) is 0 Å². The largest absolute Gasteiger partial charge is 0.508 e. The van der Waals surface area contributed by atoms with Gasteiger partial charge in [0, 0.05) is 0 Å². The lowest BCUT2D eigenvalue weighted by Crippen LogP contribution is -1.56. The molecule has 0 aliphatic heterocycles. The molecule has 0 aliphatic carbocycles. The summed E-state index contributed by atoms with van der Waals surface area (Å²) >= 11 is 0. The van der Waals surface area contributed by atoms with Crippen molar-refractivity contribution >= 4 is 14.6 Å². The summed E-state index contributed by atoms with van der Waals surface area (Å²) in [5.74, 6) is 0.965. The van der Waals surface area contributed by atoms with Crippen LogP contribution >= 0.6 is 0 Å². The molecule has 0 amide bonds. The van der Waals surface area contributed by atoms with Gasteiger partial charge in [0.05, 0.1) is 0 Å². The summed E-state index contributed by atoms with van der Waals surface area (Å²) in [7, 11) is 4.00. The highest BCUT2D eigenvalue weighted by Crippen LogP contribution is 2.04. The van der Waals surface area contributed by atoms with Gasteiger partial charge < -0.3 is 15.3 Å².